The van der Waals surface area contributed by atoms with Gasteiger partial charge in [-0.25, -0.2) is 12.8 Å². The molecule has 1 aliphatic rings. The number of benzene rings is 1. The van der Waals surface area contributed by atoms with E-state index in [-0.39, 0.29) is 22.5 Å². The molecule has 1 aliphatic heterocycles. The number of halogens is 3. The molecule has 1 heterocycles. The van der Waals surface area contributed by atoms with Crippen molar-refractivity contribution in [1.82, 2.24) is 4.31 Å². The summed E-state index contributed by atoms with van der Waals surface area (Å²) in [7, 11) is -2.51. The summed E-state index contributed by atoms with van der Waals surface area (Å²) in [5, 5.41) is 0.144. The number of alkyl halides is 1. The van der Waals surface area contributed by atoms with Gasteiger partial charge in [0.25, 0.3) is 0 Å². The van der Waals surface area contributed by atoms with Crippen LogP contribution in [0.15, 0.2) is 17.0 Å². The summed E-state index contributed by atoms with van der Waals surface area (Å²) in [5.41, 5.74) is 0.0723. The Morgan fingerprint density at radius 2 is 2.00 bits per heavy atom. The molecule has 8 heteroatoms. The Bertz CT molecular complexity index is 618. The van der Waals surface area contributed by atoms with Gasteiger partial charge >= 0.3 is 0 Å². The van der Waals surface area contributed by atoms with Gasteiger partial charge < -0.3 is 4.74 Å². The number of rotatable bonds is 4. The summed E-state index contributed by atoms with van der Waals surface area (Å²) in [6, 6.07) is 2.25. The van der Waals surface area contributed by atoms with Gasteiger partial charge in [0.1, 0.15) is 10.7 Å². The van der Waals surface area contributed by atoms with Crippen LogP contribution in [0.2, 0.25) is 5.02 Å². The molecule has 0 amide bonds. The predicted octanol–water partition coefficient (Wildman–Crippen LogP) is 3.02. The van der Waals surface area contributed by atoms with Crippen LogP contribution in [0.5, 0.6) is 0 Å². The lowest BCUT2D eigenvalue weighted by Gasteiger charge is -2.30. The van der Waals surface area contributed by atoms with Crippen molar-refractivity contribution >= 4 is 33.2 Å². The molecule has 0 atom stereocenters. The van der Waals surface area contributed by atoms with E-state index in [1.165, 1.54) is 17.4 Å². The summed E-state index contributed by atoms with van der Waals surface area (Å²) in [5.74, 6) is -0.982. The highest BCUT2D eigenvalue weighted by Crippen LogP contribution is 2.29. The van der Waals surface area contributed by atoms with Crippen LogP contribution < -0.4 is 0 Å². The van der Waals surface area contributed by atoms with Gasteiger partial charge in [0.15, 0.2) is 0 Å². The Morgan fingerprint density at radius 3 is 2.57 bits per heavy atom. The topological polar surface area (TPSA) is 46.6 Å². The predicted molar refractivity (Wildman–Crippen MR) is 79.8 cm³/mol. The van der Waals surface area contributed by atoms with Crippen LogP contribution in [0.3, 0.4) is 0 Å². The van der Waals surface area contributed by atoms with Gasteiger partial charge in [0.05, 0.1) is 5.88 Å². The van der Waals surface area contributed by atoms with Crippen LogP contribution in [0.25, 0.3) is 0 Å². The zero-order valence-corrected chi connectivity index (χ0v) is 13.8. The second kappa shape index (κ2) is 6.79. The average Bonchev–Trinajstić information content (AvgIpc) is 2.49. The maximum atomic E-state index is 14.3. The molecule has 2 rings (SSSR count). The molecule has 1 aromatic rings. The minimum atomic E-state index is -3.96. The van der Waals surface area contributed by atoms with Crippen molar-refractivity contribution < 1.29 is 17.5 Å². The second-order valence-electron chi connectivity index (χ2n) is 4.88. The lowest BCUT2D eigenvalue weighted by atomic mass is 10.1. The normalized spacial score (nSPS) is 17.4. The summed E-state index contributed by atoms with van der Waals surface area (Å²) >= 11 is 11.5. The van der Waals surface area contributed by atoms with E-state index in [0.29, 0.717) is 26.1 Å². The van der Waals surface area contributed by atoms with Crippen LogP contribution in [0.4, 0.5) is 4.39 Å². The van der Waals surface area contributed by atoms with Crippen molar-refractivity contribution in [2.24, 2.45) is 0 Å². The van der Waals surface area contributed by atoms with Gasteiger partial charge in [-0.2, -0.15) is 4.31 Å². The molecule has 1 saturated heterocycles. The third-order valence-electron chi connectivity index (χ3n) is 3.59. The van der Waals surface area contributed by atoms with Crippen molar-refractivity contribution in [3.8, 4) is 0 Å². The van der Waals surface area contributed by atoms with Crippen LogP contribution in [0.1, 0.15) is 18.4 Å². The quantitative estimate of drug-likeness (QED) is 0.780. The molecule has 21 heavy (non-hydrogen) atoms. The van der Waals surface area contributed by atoms with Gasteiger partial charge in [-0.3, -0.25) is 0 Å². The van der Waals surface area contributed by atoms with Crippen LogP contribution in [0, 0.1) is 5.82 Å². The molecule has 0 saturated carbocycles. The molecule has 0 spiro atoms. The minimum absolute atomic E-state index is 0.0723. The number of hydrogen-bond acceptors (Lipinski definition) is 3. The zero-order chi connectivity index (χ0) is 15.6. The lowest BCUT2D eigenvalue weighted by molar-refractivity contribution is 0.0631. The first-order valence-electron chi connectivity index (χ1n) is 6.47. The molecular weight excluding hydrogens is 340 g/mol. The number of nitrogens with zero attached hydrogens (tertiary/aromatic N) is 1. The zero-order valence-electron chi connectivity index (χ0n) is 11.5. The largest absolute Gasteiger partial charge is 0.381 e. The highest BCUT2D eigenvalue weighted by molar-refractivity contribution is 7.89. The minimum Gasteiger partial charge on any atom is -0.381 e. The van der Waals surface area contributed by atoms with E-state index in [9.17, 15) is 12.8 Å². The molecule has 1 aromatic carbocycles. The van der Waals surface area contributed by atoms with Gasteiger partial charge in [0, 0.05) is 36.9 Å². The highest BCUT2D eigenvalue weighted by Gasteiger charge is 2.32. The molecule has 0 aromatic heterocycles. The van der Waals surface area contributed by atoms with Crippen molar-refractivity contribution in [1.29, 1.82) is 0 Å². The number of sulfonamides is 1. The van der Waals surface area contributed by atoms with E-state index >= 15 is 0 Å². The fraction of sp³-hybridized carbons (Fsp3) is 0.538. The first kappa shape index (κ1) is 17.0. The molecule has 0 N–H and O–H groups in total. The summed E-state index contributed by atoms with van der Waals surface area (Å²) in [4.78, 5) is -0.431. The maximum Gasteiger partial charge on any atom is 0.246 e. The molecule has 0 aliphatic carbocycles. The number of hydrogen-bond donors (Lipinski definition) is 0. The smallest absolute Gasteiger partial charge is 0.246 e. The molecular formula is C13H16Cl2FNO3S. The third-order valence-corrected chi connectivity index (χ3v) is 6.00. The Kier molecular flexibility index (Phi) is 5.48. The fourth-order valence-corrected chi connectivity index (χ4v) is 4.35. The van der Waals surface area contributed by atoms with Crippen molar-refractivity contribution in [2.45, 2.75) is 29.7 Å². The molecule has 0 radical (unpaired) electrons. The Hall–Kier alpha value is -0.400. The number of ether oxygens (including phenoxy) is 1. The first-order valence-corrected chi connectivity index (χ1v) is 8.83. The van der Waals surface area contributed by atoms with Gasteiger partial charge in [-0.1, -0.05) is 11.6 Å². The van der Waals surface area contributed by atoms with Gasteiger partial charge in [0.2, 0.25) is 10.0 Å². The molecule has 4 nitrogen and oxygen atoms in total. The summed E-state index contributed by atoms with van der Waals surface area (Å²) < 4.78 is 45.9. The highest BCUT2D eigenvalue weighted by atomic mass is 35.5. The van der Waals surface area contributed by atoms with Crippen LogP contribution >= 0.6 is 23.2 Å². The van der Waals surface area contributed by atoms with E-state index in [0.717, 1.165) is 6.07 Å². The molecule has 1 fully saturated rings. The van der Waals surface area contributed by atoms with E-state index in [1.54, 1.807) is 0 Å². The second-order valence-corrected chi connectivity index (χ2v) is 7.55. The first-order chi connectivity index (χ1) is 9.87. The van der Waals surface area contributed by atoms with Gasteiger partial charge in [-0.15, -0.1) is 11.6 Å². The standard InChI is InChI=1S/C13H16Cl2FNO3S/c1-17(11-2-4-20-5-3-11)21(18,19)12-7-10(15)6-9(8-14)13(12)16/h6-7,11H,2-5,8H2,1H3. The fourth-order valence-electron chi connectivity index (χ4n) is 2.30. The maximum absolute atomic E-state index is 14.3. The molecule has 0 bridgehead atoms. The summed E-state index contributed by atoms with van der Waals surface area (Å²) in [6.45, 7) is 0.991. The summed E-state index contributed by atoms with van der Waals surface area (Å²) in [6.07, 6.45) is 1.17. The van der Waals surface area contributed by atoms with Crippen LogP contribution in [-0.4, -0.2) is 39.0 Å². The van der Waals surface area contributed by atoms with Crippen molar-refractivity contribution in [2.75, 3.05) is 20.3 Å². The average molecular weight is 356 g/mol. The van der Waals surface area contributed by atoms with E-state index in [1.807, 2.05) is 0 Å². The monoisotopic (exact) mass is 355 g/mol. The molecule has 118 valence electrons. The third kappa shape index (κ3) is 3.51. The van der Waals surface area contributed by atoms with Gasteiger partial charge in [-0.05, 0) is 25.0 Å². The molecule has 0 unspecified atom stereocenters. The Balaban J connectivity index is 2.41. The Labute approximate surface area is 133 Å². The Morgan fingerprint density at radius 1 is 1.38 bits per heavy atom. The SMILES string of the molecule is CN(C1CCOCC1)S(=O)(=O)c1cc(Cl)cc(CCl)c1F. The van der Waals surface area contributed by atoms with Crippen LogP contribution in [-0.2, 0) is 20.6 Å². The van der Waals surface area contributed by atoms with Crippen molar-refractivity contribution in [3.63, 3.8) is 0 Å². The van der Waals surface area contributed by atoms with E-state index < -0.39 is 20.7 Å². The van der Waals surface area contributed by atoms with E-state index in [2.05, 4.69) is 0 Å². The van der Waals surface area contributed by atoms with Crippen molar-refractivity contribution in [3.05, 3.63) is 28.5 Å². The van der Waals surface area contributed by atoms with E-state index in [4.69, 9.17) is 27.9 Å². The lowest BCUT2D eigenvalue weighted by Crippen LogP contribution is -2.40.